The number of aromatic nitrogens is 5. The Kier molecular flexibility index (Phi) is 6.01. The minimum Gasteiger partial charge on any atom is -0.386 e. The van der Waals surface area contributed by atoms with Crippen molar-refractivity contribution >= 4 is 27.3 Å². The Morgan fingerprint density at radius 1 is 1.28 bits per heavy atom. The minimum absolute atomic E-state index is 0.00494. The Balaban J connectivity index is 1.68. The molecular weight excluding hydrogens is 480 g/mol. The highest BCUT2D eigenvalue weighted by Gasteiger charge is 2.38. The fraction of sp³-hybridized carbons (Fsp3) is 0.400. The first-order valence-corrected chi connectivity index (χ1v) is 12.6. The van der Waals surface area contributed by atoms with Gasteiger partial charge in [0.05, 0.1) is 33.6 Å². The van der Waals surface area contributed by atoms with Crippen molar-refractivity contribution in [1.82, 2.24) is 29.6 Å². The number of fused-ring (bicyclic) bond motifs is 1. The molecule has 0 bridgehead atoms. The third kappa shape index (κ3) is 4.02. The SMILES string of the molecule is CCc1nn(C)c(=O)c2c(C(=O)N3C[C@](C)(O)CO3)c(Cc3c(C)nn(-c4ccccn4)c3C)sc12. The van der Waals surface area contributed by atoms with E-state index >= 15 is 0 Å². The highest BCUT2D eigenvalue weighted by Crippen LogP contribution is 2.36. The molecule has 10 nitrogen and oxygen atoms in total. The Labute approximate surface area is 211 Å². The summed E-state index contributed by atoms with van der Waals surface area (Å²) in [5.74, 6) is 0.267. The van der Waals surface area contributed by atoms with E-state index in [1.165, 1.54) is 16.0 Å². The van der Waals surface area contributed by atoms with E-state index in [9.17, 15) is 14.7 Å². The van der Waals surface area contributed by atoms with E-state index in [1.807, 2.05) is 39.0 Å². The maximum absolute atomic E-state index is 13.8. The lowest BCUT2D eigenvalue weighted by Crippen LogP contribution is -2.35. The smallest absolute Gasteiger partial charge is 0.279 e. The van der Waals surface area contributed by atoms with Gasteiger partial charge in [0.25, 0.3) is 11.5 Å². The maximum Gasteiger partial charge on any atom is 0.279 e. The largest absolute Gasteiger partial charge is 0.386 e. The molecule has 4 aromatic rings. The van der Waals surface area contributed by atoms with Gasteiger partial charge in [0, 0.05) is 35.8 Å². The molecule has 5 rings (SSSR count). The minimum atomic E-state index is -1.15. The molecule has 0 radical (unpaired) electrons. The summed E-state index contributed by atoms with van der Waals surface area (Å²) in [5, 5.41) is 21.0. The lowest BCUT2D eigenvalue weighted by molar-refractivity contribution is -0.0796. The van der Waals surface area contributed by atoms with Gasteiger partial charge >= 0.3 is 0 Å². The average molecular weight is 509 g/mol. The zero-order valence-electron chi connectivity index (χ0n) is 20.9. The summed E-state index contributed by atoms with van der Waals surface area (Å²) in [6.45, 7) is 7.51. The van der Waals surface area contributed by atoms with Gasteiger partial charge in [-0.3, -0.25) is 14.4 Å². The van der Waals surface area contributed by atoms with Crippen molar-refractivity contribution in [1.29, 1.82) is 0 Å². The number of hydrogen-bond donors (Lipinski definition) is 1. The fourth-order valence-electron chi connectivity index (χ4n) is 4.57. The summed E-state index contributed by atoms with van der Waals surface area (Å²) in [7, 11) is 1.59. The highest BCUT2D eigenvalue weighted by molar-refractivity contribution is 7.19. The summed E-state index contributed by atoms with van der Waals surface area (Å²) in [6, 6.07) is 5.64. The Morgan fingerprint density at radius 3 is 2.69 bits per heavy atom. The number of nitrogens with zero attached hydrogens (tertiary/aromatic N) is 6. The van der Waals surface area contributed by atoms with Gasteiger partial charge in [-0.15, -0.1) is 11.3 Å². The molecule has 5 heterocycles. The molecule has 1 amide bonds. The number of carbonyl (C=O) groups is 1. The van der Waals surface area contributed by atoms with Gasteiger partial charge in [-0.1, -0.05) is 13.0 Å². The number of hydroxylamine groups is 2. The number of pyridine rings is 1. The zero-order valence-corrected chi connectivity index (χ0v) is 21.7. The van der Waals surface area contributed by atoms with Gasteiger partial charge in [-0.2, -0.15) is 10.2 Å². The quantitative estimate of drug-likeness (QED) is 0.440. The van der Waals surface area contributed by atoms with Crippen LogP contribution in [-0.2, 0) is 24.7 Å². The van der Waals surface area contributed by atoms with Crippen molar-refractivity contribution < 1.29 is 14.7 Å². The lowest BCUT2D eigenvalue weighted by Gasteiger charge is -2.16. The Bertz CT molecular complexity index is 1540. The second kappa shape index (κ2) is 8.91. The zero-order chi connectivity index (χ0) is 25.8. The van der Waals surface area contributed by atoms with Crippen molar-refractivity contribution in [2.24, 2.45) is 7.05 Å². The molecular formula is C25H28N6O4S. The molecule has 1 N–H and O–H groups in total. The third-order valence-corrected chi connectivity index (χ3v) is 7.70. The molecule has 36 heavy (non-hydrogen) atoms. The monoisotopic (exact) mass is 508 g/mol. The van der Waals surface area contributed by atoms with Crippen LogP contribution < -0.4 is 5.56 Å². The third-order valence-electron chi connectivity index (χ3n) is 6.46. The van der Waals surface area contributed by atoms with E-state index in [0.717, 1.165) is 32.6 Å². The van der Waals surface area contributed by atoms with E-state index in [2.05, 4.69) is 10.1 Å². The van der Waals surface area contributed by atoms with E-state index < -0.39 is 11.5 Å². The molecule has 0 unspecified atom stereocenters. The summed E-state index contributed by atoms with van der Waals surface area (Å²) < 4.78 is 3.78. The number of hydrogen-bond acceptors (Lipinski definition) is 8. The average Bonchev–Trinajstić information content (AvgIpc) is 3.50. The molecule has 1 saturated heterocycles. The second-order valence-electron chi connectivity index (χ2n) is 9.37. The summed E-state index contributed by atoms with van der Waals surface area (Å²) in [5.41, 5.74) is 2.24. The summed E-state index contributed by atoms with van der Waals surface area (Å²) in [6.07, 6.45) is 2.73. The Morgan fingerprint density at radius 2 is 2.06 bits per heavy atom. The van der Waals surface area contributed by atoms with E-state index in [4.69, 9.17) is 9.94 Å². The lowest BCUT2D eigenvalue weighted by atomic mass is 10.0. The topological polar surface area (TPSA) is 115 Å². The molecule has 1 aliphatic heterocycles. The predicted octanol–water partition coefficient (Wildman–Crippen LogP) is 2.48. The molecule has 0 spiro atoms. The van der Waals surface area contributed by atoms with Gasteiger partial charge in [0.1, 0.15) is 12.2 Å². The van der Waals surface area contributed by atoms with E-state index in [0.29, 0.717) is 34.3 Å². The van der Waals surface area contributed by atoms with E-state index in [1.54, 1.807) is 24.9 Å². The molecule has 11 heteroatoms. The number of aliphatic hydroxyl groups is 1. The van der Waals surface area contributed by atoms with Crippen molar-refractivity contribution in [3.63, 3.8) is 0 Å². The van der Waals surface area contributed by atoms with Gasteiger partial charge in [0.2, 0.25) is 0 Å². The van der Waals surface area contributed by atoms with Gasteiger partial charge in [-0.25, -0.2) is 19.4 Å². The Hall–Kier alpha value is -3.41. The summed E-state index contributed by atoms with van der Waals surface area (Å²) in [4.78, 5) is 37.7. The van der Waals surface area contributed by atoms with E-state index in [-0.39, 0.29) is 18.7 Å². The number of β-amino-alcohol motifs (C(OH)–C–C–N with tert-alkyl or cyclic N) is 1. The molecule has 188 valence electrons. The van der Waals surface area contributed by atoms with Gasteiger partial charge in [0.15, 0.2) is 5.82 Å². The van der Waals surface area contributed by atoms with Crippen LogP contribution in [0.15, 0.2) is 29.2 Å². The normalized spacial score (nSPS) is 17.9. The van der Waals surface area contributed by atoms with Crippen molar-refractivity contribution in [2.45, 2.75) is 46.1 Å². The highest BCUT2D eigenvalue weighted by atomic mass is 32.1. The molecule has 1 fully saturated rings. The second-order valence-corrected chi connectivity index (χ2v) is 10.5. The maximum atomic E-state index is 13.8. The van der Waals surface area contributed by atoms with Crippen LogP contribution in [0.3, 0.4) is 0 Å². The number of carbonyl (C=O) groups excluding carboxylic acids is 1. The van der Waals surface area contributed by atoms with Crippen LogP contribution in [0.4, 0.5) is 0 Å². The van der Waals surface area contributed by atoms with Crippen LogP contribution in [-0.4, -0.2) is 59.4 Å². The van der Waals surface area contributed by atoms with Crippen LogP contribution in [0.2, 0.25) is 0 Å². The summed E-state index contributed by atoms with van der Waals surface area (Å²) >= 11 is 1.41. The van der Waals surface area contributed by atoms with Gasteiger partial charge < -0.3 is 5.11 Å². The molecule has 4 aromatic heterocycles. The number of aryl methyl sites for hydroxylation is 3. The first-order valence-electron chi connectivity index (χ1n) is 11.8. The van der Waals surface area contributed by atoms with Gasteiger partial charge in [-0.05, 0) is 39.3 Å². The van der Waals surface area contributed by atoms with Crippen LogP contribution in [0, 0.1) is 13.8 Å². The van der Waals surface area contributed by atoms with Crippen molar-refractivity contribution in [3.05, 3.63) is 67.8 Å². The van der Waals surface area contributed by atoms with Crippen LogP contribution in [0.1, 0.15) is 51.7 Å². The van der Waals surface area contributed by atoms with Crippen molar-refractivity contribution in [2.75, 3.05) is 13.2 Å². The molecule has 0 aromatic carbocycles. The number of thiophene rings is 1. The first-order chi connectivity index (χ1) is 17.1. The number of amides is 1. The van der Waals surface area contributed by atoms with Crippen LogP contribution >= 0.6 is 11.3 Å². The van der Waals surface area contributed by atoms with Crippen LogP contribution in [0.5, 0.6) is 0 Å². The first kappa shape index (κ1) is 24.3. The predicted molar refractivity (Wildman–Crippen MR) is 135 cm³/mol. The molecule has 0 aliphatic carbocycles. The number of rotatable bonds is 5. The van der Waals surface area contributed by atoms with Crippen molar-refractivity contribution in [3.8, 4) is 5.82 Å². The van der Waals surface area contributed by atoms with Crippen LogP contribution in [0.25, 0.3) is 15.9 Å². The fourth-order valence-corrected chi connectivity index (χ4v) is 5.92. The molecule has 0 saturated carbocycles. The molecule has 1 aliphatic rings. The molecule has 1 atom stereocenters. The standard InChI is InChI=1S/C25H28N6O4S/c1-6-17-22-21(23(32)29(5)28-17)20(24(33)30-12-25(4,34)13-35-30)18(36-22)11-16-14(2)27-31(15(16)3)19-9-7-8-10-26-19/h7-10,34H,6,11-13H2,1-5H3/t25-/m0/s1.